The van der Waals surface area contributed by atoms with Crippen LogP contribution in [0.5, 0.6) is 0 Å². The van der Waals surface area contributed by atoms with Gasteiger partial charge >= 0.3 is 0 Å². The highest BCUT2D eigenvalue weighted by atomic mass is 32.1. The molecule has 0 amide bonds. The molecule has 0 aliphatic carbocycles. The molecule has 3 N–H and O–H groups in total. The summed E-state index contributed by atoms with van der Waals surface area (Å²) in [6.07, 6.45) is 0. The van der Waals surface area contributed by atoms with E-state index in [9.17, 15) is 0 Å². The van der Waals surface area contributed by atoms with Gasteiger partial charge in [-0.1, -0.05) is 17.7 Å². The standard InChI is InChI=1S/C12H18N2O2S/c1-10-2-4-11(5-3-10)13-12(17)14(6-8-15)7-9-16/h2-5,15-16H,6-9H2,1H3,(H,13,17). The molecule has 0 bridgehead atoms. The van der Waals surface area contributed by atoms with E-state index >= 15 is 0 Å². The number of aliphatic hydroxyl groups is 2. The summed E-state index contributed by atoms with van der Waals surface area (Å²) in [4.78, 5) is 1.73. The van der Waals surface area contributed by atoms with Crippen LogP contribution in [0, 0.1) is 6.92 Å². The monoisotopic (exact) mass is 254 g/mol. The quantitative estimate of drug-likeness (QED) is 0.684. The van der Waals surface area contributed by atoms with Crippen molar-refractivity contribution < 1.29 is 10.2 Å². The number of aliphatic hydroxyl groups excluding tert-OH is 2. The van der Waals surface area contributed by atoms with Crippen LogP contribution in [0.15, 0.2) is 24.3 Å². The number of nitrogens with zero attached hydrogens (tertiary/aromatic N) is 1. The van der Waals surface area contributed by atoms with Crippen molar-refractivity contribution in [3.8, 4) is 0 Å². The van der Waals surface area contributed by atoms with Gasteiger partial charge < -0.3 is 20.4 Å². The van der Waals surface area contributed by atoms with Crippen molar-refractivity contribution in [2.75, 3.05) is 31.6 Å². The first-order valence-corrected chi connectivity index (χ1v) is 5.92. The Kier molecular flexibility index (Phi) is 5.90. The number of aryl methyl sites for hydroxylation is 1. The molecule has 0 aromatic heterocycles. The molecule has 1 aromatic rings. The number of thiocarbonyl (C=S) groups is 1. The number of hydrogen-bond acceptors (Lipinski definition) is 3. The van der Waals surface area contributed by atoms with E-state index in [0.717, 1.165) is 5.69 Å². The molecule has 4 nitrogen and oxygen atoms in total. The first kappa shape index (κ1) is 13.9. The van der Waals surface area contributed by atoms with Crippen LogP contribution in [-0.4, -0.2) is 46.5 Å². The van der Waals surface area contributed by atoms with Gasteiger partial charge in [0.05, 0.1) is 13.2 Å². The second-order valence-corrected chi connectivity index (χ2v) is 4.12. The molecule has 1 aromatic carbocycles. The topological polar surface area (TPSA) is 55.7 Å². The van der Waals surface area contributed by atoms with E-state index in [4.69, 9.17) is 22.4 Å². The normalized spacial score (nSPS) is 10.1. The molecule has 0 radical (unpaired) electrons. The van der Waals surface area contributed by atoms with E-state index in [-0.39, 0.29) is 13.2 Å². The predicted octanol–water partition coefficient (Wildman–Crippen LogP) is 0.978. The van der Waals surface area contributed by atoms with Gasteiger partial charge in [0.2, 0.25) is 0 Å². The maximum absolute atomic E-state index is 8.90. The Balaban J connectivity index is 2.59. The molecule has 94 valence electrons. The zero-order chi connectivity index (χ0) is 12.7. The number of anilines is 1. The summed E-state index contributed by atoms with van der Waals surface area (Å²) in [6, 6.07) is 7.87. The van der Waals surface area contributed by atoms with Crippen molar-refractivity contribution in [1.29, 1.82) is 0 Å². The van der Waals surface area contributed by atoms with Gasteiger partial charge in [-0.25, -0.2) is 0 Å². The molecule has 17 heavy (non-hydrogen) atoms. The number of nitrogens with one attached hydrogen (secondary N) is 1. The zero-order valence-corrected chi connectivity index (χ0v) is 10.7. The average Bonchev–Trinajstić information content (AvgIpc) is 2.32. The Labute approximate surface area is 107 Å². The summed E-state index contributed by atoms with van der Waals surface area (Å²) < 4.78 is 0. The molecular formula is C12H18N2O2S. The van der Waals surface area contributed by atoms with Crippen LogP contribution in [0.2, 0.25) is 0 Å². The predicted molar refractivity (Wildman–Crippen MR) is 73.1 cm³/mol. The summed E-state index contributed by atoms with van der Waals surface area (Å²) in [5, 5.41) is 21.4. The summed E-state index contributed by atoms with van der Waals surface area (Å²) in [7, 11) is 0. The smallest absolute Gasteiger partial charge is 0.173 e. The largest absolute Gasteiger partial charge is 0.395 e. The molecule has 0 saturated heterocycles. The van der Waals surface area contributed by atoms with Crippen LogP contribution < -0.4 is 5.32 Å². The van der Waals surface area contributed by atoms with Crippen LogP contribution in [0.1, 0.15) is 5.56 Å². The van der Waals surface area contributed by atoms with Crippen molar-refractivity contribution in [3.05, 3.63) is 29.8 Å². The highest BCUT2D eigenvalue weighted by molar-refractivity contribution is 7.80. The third-order valence-electron chi connectivity index (χ3n) is 2.33. The minimum atomic E-state index is 0.00964. The van der Waals surface area contributed by atoms with Gasteiger partial charge in [-0.15, -0.1) is 0 Å². The second kappa shape index (κ2) is 7.21. The van der Waals surface area contributed by atoms with Crippen LogP contribution in [0.25, 0.3) is 0 Å². The molecule has 0 aliphatic heterocycles. The lowest BCUT2D eigenvalue weighted by molar-refractivity contribution is 0.214. The third-order valence-corrected chi connectivity index (χ3v) is 2.69. The first-order chi connectivity index (χ1) is 8.17. The zero-order valence-electron chi connectivity index (χ0n) is 9.89. The Morgan fingerprint density at radius 2 is 1.71 bits per heavy atom. The van der Waals surface area contributed by atoms with Gasteiger partial charge in [-0.3, -0.25) is 0 Å². The Morgan fingerprint density at radius 1 is 1.18 bits per heavy atom. The molecule has 0 unspecified atom stereocenters. The average molecular weight is 254 g/mol. The Bertz CT molecular complexity index is 348. The van der Waals surface area contributed by atoms with E-state index in [1.54, 1.807) is 4.90 Å². The molecule has 0 spiro atoms. The summed E-state index contributed by atoms with van der Waals surface area (Å²) in [5.74, 6) is 0. The lowest BCUT2D eigenvalue weighted by Crippen LogP contribution is -2.38. The molecule has 1 rings (SSSR count). The van der Waals surface area contributed by atoms with E-state index in [1.165, 1.54) is 5.56 Å². The van der Waals surface area contributed by atoms with Crippen molar-refractivity contribution in [2.24, 2.45) is 0 Å². The maximum atomic E-state index is 8.90. The second-order valence-electron chi connectivity index (χ2n) is 3.73. The molecule has 0 fully saturated rings. The van der Waals surface area contributed by atoms with E-state index in [1.807, 2.05) is 31.2 Å². The van der Waals surface area contributed by atoms with Gasteiger partial charge in [-0.05, 0) is 31.3 Å². The van der Waals surface area contributed by atoms with Crippen LogP contribution in [0.4, 0.5) is 5.69 Å². The van der Waals surface area contributed by atoms with Crippen molar-refractivity contribution in [2.45, 2.75) is 6.92 Å². The lowest BCUT2D eigenvalue weighted by Gasteiger charge is -2.24. The first-order valence-electron chi connectivity index (χ1n) is 5.51. The van der Waals surface area contributed by atoms with Crippen molar-refractivity contribution in [3.63, 3.8) is 0 Å². The lowest BCUT2D eigenvalue weighted by atomic mass is 10.2. The third kappa shape index (κ3) is 4.68. The van der Waals surface area contributed by atoms with Gasteiger partial charge in [-0.2, -0.15) is 0 Å². The van der Waals surface area contributed by atoms with Gasteiger partial charge in [0.15, 0.2) is 5.11 Å². The van der Waals surface area contributed by atoms with Gasteiger partial charge in [0.25, 0.3) is 0 Å². The fourth-order valence-corrected chi connectivity index (χ4v) is 1.70. The molecule has 0 aliphatic rings. The highest BCUT2D eigenvalue weighted by Crippen LogP contribution is 2.09. The molecule has 0 saturated carbocycles. The Morgan fingerprint density at radius 3 is 2.18 bits per heavy atom. The van der Waals surface area contributed by atoms with E-state index < -0.39 is 0 Å². The summed E-state index contributed by atoms with van der Waals surface area (Å²) in [6.45, 7) is 2.87. The van der Waals surface area contributed by atoms with Crippen LogP contribution in [-0.2, 0) is 0 Å². The van der Waals surface area contributed by atoms with E-state index in [0.29, 0.717) is 18.2 Å². The number of hydrogen-bond donors (Lipinski definition) is 3. The summed E-state index contributed by atoms with van der Waals surface area (Å²) >= 11 is 5.21. The van der Waals surface area contributed by atoms with Crippen LogP contribution >= 0.6 is 12.2 Å². The van der Waals surface area contributed by atoms with Gasteiger partial charge in [0.1, 0.15) is 0 Å². The molecule has 0 heterocycles. The fourth-order valence-electron chi connectivity index (χ4n) is 1.40. The fraction of sp³-hybridized carbons (Fsp3) is 0.417. The van der Waals surface area contributed by atoms with Crippen LogP contribution in [0.3, 0.4) is 0 Å². The number of benzene rings is 1. The van der Waals surface area contributed by atoms with Crippen molar-refractivity contribution >= 4 is 23.0 Å². The number of rotatable bonds is 5. The minimum absolute atomic E-state index is 0.00964. The minimum Gasteiger partial charge on any atom is -0.395 e. The molecule has 5 heteroatoms. The molecule has 0 atom stereocenters. The molecular weight excluding hydrogens is 236 g/mol. The Hall–Kier alpha value is -1.17. The summed E-state index contributed by atoms with van der Waals surface area (Å²) in [5.41, 5.74) is 2.09. The van der Waals surface area contributed by atoms with Gasteiger partial charge in [0, 0.05) is 18.8 Å². The van der Waals surface area contributed by atoms with E-state index in [2.05, 4.69) is 5.32 Å². The highest BCUT2D eigenvalue weighted by Gasteiger charge is 2.08. The SMILES string of the molecule is Cc1ccc(NC(=S)N(CCO)CCO)cc1. The maximum Gasteiger partial charge on any atom is 0.173 e. The van der Waals surface area contributed by atoms with Crippen molar-refractivity contribution in [1.82, 2.24) is 4.90 Å².